The van der Waals surface area contributed by atoms with E-state index in [1.165, 1.54) is 11.8 Å². The van der Waals surface area contributed by atoms with E-state index in [2.05, 4.69) is 10.9 Å². The Morgan fingerprint density at radius 3 is 2.20 bits per heavy atom. The number of benzene rings is 3. The normalized spacial score (nSPS) is 15.7. The number of carbonyl (C=O) groups excluding carboxylic acids is 2. The second kappa shape index (κ2) is 9.37. The van der Waals surface area contributed by atoms with Gasteiger partial charge in [-0.1, -0.05) is 60.7 Å². The molecule has 0 saturated carbocycles. The molecule has 2 amide bonds. The summed E-state index contributed by atoms with van der Waals surface area (Å²) < 4.78 is 11.2. The van der Waals surface area contributed by atoms with Crippen molar-refractivity contribution < 1.29 is 19.1 Å². The standard InChI is InChI=1S/C23H20N2O4S/c26-22(20-15-28-18-13-7-8-14-19(18)29-20)24-25-23(27)21(16-9-3-1-4-10-16)30-17-11-5-2-6-12-17/h1-14,20-21H,15H2,(H,24,26)(H,25,27)/t20-,21-/m1/s1. The lowest BCUT2D eigenvalue weighted by molar-refractivity contribution is -0.135. The minimum Gasteiger partial charge on any atom is -0.485 e. The summed E-state index contributed by atoms with van der Waals surface area (Å²) >= 11 is 1.41. The topological polar surface area (TPSA) is 76.7 Å². The third-order valence-electron chi connectivity index (χ3n) is 4.45. The maximum Gasteiger partial charge on any atom is 0.283 e. The molecule has 0 saturated heterocycles. The first-order valence-electron chi connectivity index (χ1n) is 9.45. The van der Waals surface area contributed by atoms with Crippen LogP contribution in [-0.2, 0) is 9.59 Å². The van der Waals surface area contributed by atoms with Crippen molar-refractivity contribution in [1.29, 1.82) is 0 Å². The van der Waals surface area contributed by atoms with Crippen molar-refractivity contribution in [2.75, 3.05) is 6.61 Å². The number of thioether (sulfide) groups is 1. The quantitative estimate of drug-likeness (QED) is 0.488. The molecule has 3 aromatic carbocycles. The summed E-state index contributed by atoms with van der Waals surface area (Å²) in [4.78, 5) is 26.4. The molecular formula is C23H20N2O4S. The van der Waals surface area contributed by atoms with Crippen LogP contribution < -0.4 is 20.3 Å². The number of rotatable bonds is 5. The molecule has 7 heteroatoms. The average Bonchev–Trinajstić information content (AvgIpc) is 2.81. The molecule has 1 heterocycles. The Hall–Kier alpha value is -3.45. The van der Waals surface area contributed by atoms with Gasteiger partial charge < -0.3 is 9.47 Å². The van der Waals surface area contributed by atoms with E-state index in [4.69, 9.17) is 9.47 Å². The van der Waals surface area contributed by atoms with Crippen molar-refractivity contribution in [3.05, 3.63) is 90.5 Å². The number of amides is 2. The molecule has 30 heavy (non-hydrogen) atoms. The lowest BCUT2D eigenvalue weighted by atomic mass is 10.1. The lowest BCUT2D eigenvalue weighted by Gasteiger charge is -2.26. The second-order valence-corrected chi connectivity index (χ2v) is 7.74. The van der Waals surface area contributed by atoms with Crippen molar-refractivity contribution in [1.82, 2.24) is 10.9 Å². The Balaban J connectivity index is 1.41. The highest BCUT2D eigenvalue weighted by atomic mass is 32.2. The number of ether oxygens (including phenoxy) is 2. The third kappa shape index (κ3) is 4.75. The molecule has 6 nitrogen and oxygen atoms in total. The van der Waals surface area contributed by atoms with Crippen LogP contribution in [-0.4, -0.2) is 24.5 Å². The minimum atomic E-state index is -0.850. The highest BCUT2D eigenvalue weighted by Gasteiger charge is 2.29. The number of hydrazine groups is 1. The van der Waals surface area contributed by atoms with Crippen molar-refractivity contribution in [3.8, 4) is 11.5 Å². The minimum absolute atomic E-state index is 0.0690. The number of hydrogen-bond donors (Lipinski definition) is 2. The highest BCUT2D eigenvalue weighted by molar-refractivity contribution is 8.00. The number of fused-ring (bicyclic) bond motifs is 1. The Morgan fingerprint density at radius 1 is 0.833 bits per heavy atom. The Labute approximate surface area is 178 Å². The van der Waals surface area contributed by atoms with Gasteiger partial charge in [0.1, 0.15) is 11.9 Å². The van der Waals surface area contributed by atoms with E-state index in [0.717, 1.165) is 10.5 Å². The van der Waals surface area contributed by atoms with Crippen molar-refractivity contribution in [2.24, 2.45) is 0 Å². The van der Waals surface area contributed by atoms with Crippen molar-refractivity contribution in [2.45, 2.75) is 16.2 Å². The Kier molecular flexibility index (Phi) is 6.20. The molecule has 0 spiro atoms. The van der Waals surface area contributed by atoms with Gasteiger partial charge in [0.25, 0.3) is 11.8 Å². The highest BCUT2D eigenvalue weighted by Crippen LogP contribution is 2.35. The van der Waals surface area contributed by atoms with Gasteiger partial charge in [0.2, 0.25) is 6.10 Å². The van der Waals surface area contributed by atoms with Crippen LogP contribution in [0.2, 0.25) is 0 Å². The van der Waals surface area contributed by atoms with Gasteiger partial charge in [-0.3, -0.25) is 20.4 Å². The first-order chi connectivity index (χ1) is 14.7. The molecule has 0 fully saturated rings. The lowest BCUT2D eigenvalue weighted by Crippen LogP contribution is -2.51. The first kappa shape index (κ1) is 19.8. The fourth-order valence-electron chi connectivity index (χ4n) is 2.95. The molecule has 0 radical (unpaired) electrons. The molecule has 3 aromatic rings. The number of nitrogens with one attached hydrogen (secondary N) is 2. The van der Waals surface area contributed by atoms with Crippen LogP contribution >= 0.6 is 11.8 Å². The van der Waals surface area contributed by atoms with Crippen LogP contribution in [0.4, 0.5) is 0 Å². The van der Waals surface area contributed by atoms with E-state index in [-0.39, 0.29) is 12.5 Å². The van der Waals surface area contributed by atoms with E-state index in [1.54, 1.807) is 18.2 Å². The monoisotopic (exact) mass is 420 g/mol. The van der Waals surface area contributed by atoms with Crippen LogP contribution in [0.3, 0.4) is 0 Å². The summed E-state index contributed by atoms with van der Waals surface area (Å²) in [7, 11) is 0. The number of hydrogen-bond acceptors (Lipinski definition) is 5. The van der Waals surface area contributed by atoms with E-state index < -0.39 is 17.3 Å². The van der Waals surface area contributed by atoms with E-state index in [9.17, 15) is 9.59 Å². The van der Waals surface area contributed by atoms with Crippen LogP contribution in [0.15, 0.2) is 89.8 Å². The zero-order chi connectivity index (χ0) is 20.8. The molecular weight excluding hydrogens is 400 g/mol. The molecule has 0 aromatic heterocycles. The van der Waals surface area contributed by atoms with Gasteiger partial charge in [-0.2, -0.15) is 0 Å². The Bertz CT molecular complexity index is 1010. The number of carbonyl (C=O) groups is 2. The predicted octanol–water partition coefficient (Wildman–Crippen LogP) is 3.51. The van der Waals surface area contributed by atoms with Crippen LogP contribution in [0.5, 0.6) is 11.5 Å². The molecule has 152 valence electrons. The molecule has 0 aliphatic carbocycles. The fourth-order valence-corrected chi connectivity index (χ4v) is 4.00. The predicted molar refractivity (Wildman–Crippen MR) is 114 cm³/mol. The summed E-state index contributed by atoms with van der Waals surface area (Å²) in [5.74, 6) is 0.279. The molecule has 0 bridgehead atoms. The van der Waals surface area contributed by atoms with Gasteiger partial charge in [-0.25, -0.2) is 0 Å². The summed E-state index contributed by atoms with van der Waals surface area (Å²) in [5, 5.41) is -0.529. The average molecular weight is 420 g/mol. The van der Waals surface area contributed by atoms with Crippen LogP contribution in [0.1, 0.15) is 10.8 Å². The molecule has 0 unspecified atom stereocenters. The zero-order valence-corrected chi connectivity index (χ0v) is 16.8. The Morgan fingerprint density at radius 2 is 1.47 bits per heavy atom. The van der Waals surface area contributed by atoms with Crippen LogP contribution in [0.25, 0.3) is 0 Å². The SMILES string of the molecule is O=C(NNC(=O)[C@H](Sc1ccccc1)c1ccccc1)[C@H]1COc2ccccc2O1. The van der Waals surface area contributed by atoms with Crippen molar-refractivity contribution >= 4 is 23.6 Å². The maximum atomic E-state index is 12.9. The maximum absolute atomic E-state index is 12.9. The molecule has 4 rings (SSSR count). The van der Waals surface area contributed by atoms with E-state index in [0.29, 0.717) is 11.5 Å². The summed E-state index contributed by atoms with van der Waals surface area (Å²) in [6.07, 6.45) is -0.850. The van der Waals surface area contributed by atoms with E-state index >= 15 is 0 Å². The van der Waals surface area contributed by atoms with Gasteiger partial charge in [0.15, 0.2) is 11.5 Å². The second-order valence-electron chi connectivity index (χ2n) is 6.56. The molecule has 2 N–H and O–H groups in total. The molecule has 1 aliphatic heterocycles. The van der Waals surface area contributed by atoms with E-state index in [1.807, 2.05) is 66.7 Å². The van der Waals surface area contributed by atoms with Crippen LogP contribution in [0, 0.1) is 0 Å². The third-order valence-corrected chi connectivity index (χ3v) is 5.71. The first-order valence-corrected chi connectivity index (χ1v) is 10.3. The van der Waals surface area contributed by atoms with Gasteiger partial charge in [0.05, 0.1) is 0 Å². The summed E-state index contributed by atoms with van der Waals surface area (Å²) in [6, 6.07) is 26.2. The van der Waals surface area contributed by atoms with Gasteiger partial charge >= 0.3 is 0 Å². The van der Waals surface area contributed by atoms with Gasteiger partial charge in [0, 0.05) is 4.90 Å². The van der Waals surface area contributed by atoms with Crippen molar-refractivity contribution in [3.63, 3.8) is 0 Å². The molecule has 1 aliphatic rings. The number of para-hydroxylation sites is 2. The summed E-state index contributed by atoms with van der Waals surface area (Å²) in [5.41, 5.74) is 5.83. The van der Waals surface area contributed by atoms with Gasteiger partial charge in [-0.15, -0.1) is 11.8 Å². The fraction of sp³-hybridized carbons (Fsp3) is 0.130. The largest absolute Gasteiger partial charge is 0.485 e. The molecule has 2 atom stereocenters. The zero-order valence-electron chi connectivity index (χ0n) is 16.0. The smallest absolute Gasteiger partial charge is 0.283 e. The summed E-state index contributed by atoms with van der Waals surface area (Å²) in [6.45, 7) is 0.0690. The van der Waals surface area contributed by atoms with Gasteiger partial charge in [-0.05, 0) is 29.8 Å².